The molecule has 1 heteroatoms. The minimum Gasteiger partial charge on any atom is -0.0654 e. The Bertz CT molecular complexity index is 864. The van der Waals surface area contributed by atoms with Crippen LogP contribution in [-0.4, -0.2) is 8.07 Å². The first kappa shape index (κ1) is 18.6. The highest BCUT2D eigenvalue weighted by atomic mass is 28.3. The summed E-state index contributed by atoms with van der Waals surface area (Å²) in [6, 6.07) is 20.8. The van der Waals surface area contributed by atoms with Crippen LogP contribution in [-0.2, 0) is 0 Å². The molecule has 1 unspecified atom stereocenters. The summed E-state index contributed by atoms with van der Waals surface area (Å²) in [7, 11) is -1.45. The molecule has 0 aliphatic heterocycles. The SMILES string of the molecule is CC1(C)[C@H]2CCC(C[Si](C)(C)c3cccc(C#Cc4ccccc4)c3)[C@@H]1C2. The summed E-state index contributed by atoms with van der Waals surface area (Å²) in [5.41, 5.74) is 2.84. The molecule has 3 aliphatic carbocycles. The number of hydrogen-bond donors (Lipinski definition) is 0. The van der Waals surface area contributed by atoms with E-state index in [1.807, 2.05) is 18.2 Å². The van der Waals surface area contributed by atoms with Gasteiger partial charge in [0.2, 0.25) is 0 Å². The molecule has 3 aliphatic rings. The predicted octanol–water partition coefficient (Wildman–Crippen LogP) is 6.07. The first-order valence-electron chi connectivity index (χ1n) is 10.5. The molecule has 0 spiro atoms. The van der Waals surface area contributed by atoms with Crippen molar-refractivity contribution >= 4 is 13.3 Å². The van der Waals surface area contributed by atoms with Gasteiger partial charge in [-0.2, -0.15) is 0 Å². The van der Waals surface area contributed by atoms with E-state index in [2.05, 4.69) is 75.2 Å². The van der Waals surface area contributed by atoms with Crippen molar-refractivity contribution in [3.05, 3.63) is 65.7 Å². The smallest absolute Gasteiger partial charge is 0.0654 e. The normalized spacial score (nSPS) is 25.9. The van der Waals surface area contributed by atoms with E-state index in [9.17, 15) is 0 Å². The van der Waals surface area contributed by atoms with Crippen LogP contribution >= 0.6 is 0 Å². The van der Waals surface area contributed by atoms with Crippen LogP contribution in [0.1, 0.15) is 44.2 Å². The van der Waals surface area contributed by atoms with Gasteiger partial charge in [-0.05, 0) is 60.3 Å². The van der Waals surface area contributed by atoms with Crippen LogP contribution in [0.5, 0.6) is 0 Å². The maximum atomic E-state index is 3.38. The molecule has 3 saturated carbocycles. The van der Waals surface area contributed by atoms with E-state index in [4.69, 9.17) is 0 Å². The molecule has 3 atom stereocenters. The van der Waals surface area contributed by atoms with E-state index in [0.29, 0.717) is 5.41 Å². The Morgan fingerprint density at radius 3 is 2.33 bits per heavy atom. The lowest BCUT2D eigenvalue weighted by molar-refractivity contribution is -0.0990. The first-order valence-corrected chi connectivity index (χ1v) is 13.7. The molecule has 0 heterocycles. The Morgan fingerprint density at radius 1 is 0.926 bits per heavy atom. The molecule has 0 N–H and O–H groups in total. The van der Waals surface area contributed by atoms with Crippen molar-refractivity contribution < 1.29 is 0 Å². The topological polar surface area (TPSA) is 0 Å². The standard InChI is InChI=1S/C26H32Si/c1-26(2)23-16-15-22(25(26)18-23)19-27(3,4)24-12-8-11-21(17-24)14-13-20-9-6-5-7-10-20/h5-12,17,22-23,25H,15-16,18-19H2,1-4H3/t22?,23-,25-/m0/s1. The maximum absolute atomic E-state index is 3.38. The minimum atomic E-state index is -1.45. The highest BCUT2D eigenvalue weighted by molar-refractivity contribution is 6.89. The summed E-state index contributed by atoms with van der Waals surface area (Å²) in [5, 5.41) is 1.57. The van der Waals surface area contributed by atoms with Gasteiger partial charge in [-0.3, -0.25) is 0 Å². The van der Waals surface area contributed by atoms with Crippen molar-refractivity contribution in [2.45, 2.75) is 52.2 Å². The van der Waals surface area contributed by atoms with Crippen LogP contribution in [0.15, 0.2) is 54.6 Å². The maximum Gasteiger partial charge on any atom is 0.0809 e. The molecule has 0 amide bonds. The molecule has 2 aromatic rings. The zero-order chi connectivity index (χ0) is 19.1. The summed E-state index contributed by atoms with van der Waals surface area (Å²) < 4.78 is 0. The summed E-state index contributed by atoms with van der Waals surface area (Å²) in [6.45, 7) is 10.2. The second-order valence-electron chi connectivity index (χ2n) is 9.98. The van der Waals surface area contributed by atoms with Gasteiger partial charge >= 0.3 is 0 Å². The number of rotatable bonds is 3. The van der Waals surface area contributed by atoms with Crippen LogP contribution in [0, 0.1) is 35.0 Å². The highest BCUT2D eigenvalue weighted by Crippen LogP contribution is 2.62. The molecule has 2 bridgehead atoms. The number of fused-ring (bicyclic) bond motifs is 2. The molecule has 0 aromatic heterocycles. The van der Waals surface area contributed by atoms with Crippen LogP contribution < -0.4 is 5.19 Å². The molecule has 140 valence electrons. The van der Waals surface area contributed by atoms with Crippen molar-refractivity contribution in [2.75, 3.05) is 0 Å². The second-order valence-corrected chi connectivity index (χ2v) is 14.7. The third-order valence-electron chi connectivity index (χ3n) is 7.54. The second kappa shape index (κ2) is 6.99. The zero-order valence-corrected chi connectivity index (χ0v) is 18.3. The summed E-state index contributed by atoms with van der Waals surface area (Å²) >= 11 is 0. The molecule has 27 heavy (non-hydrogen) atoms. The van der Waals surface area contributed by atoms with Crippen LogP contribution in [0.2, 0.25) is 19.1 Å². The van der Waals surface area contributed by atoms with Gasteiger partial charge in [0, 0.05) is 11.1 Å². The van der Waals surface area contributed by atoms with Crippen molar-refractivity contribution in [1.29, 1.82) is 0 Å². The van der Waals surface area contributed by atoms with Crippen molar-refractivity contribution in [3.63, 3.8) is 0 Å². The van der Waals surface area contributed by atoms with E-state index in [1.54, 1.807) is 5.19 Å². The Labute approximate surface area is 166 Å². The molecule has 2 aromatic carbocycles. The fourth-order valence-electron chi connectivity index (χ4n) is 5.66. The van der Waals surface area contributed by atoms with Gasteiger partial charge in [0.1, 0.15) is 0 Å². The monoisotopic (exact) mass is 372 g/mol. The lowest BCUT2D eigenvalue weighted by Crippen LogP contribution is -2.55. The Balaban J connectivity index is 1.51. The van der Waals surface area contributed by atoms with Gasteiger partial charge in [0.15, 0.2) is 0 Å². The van der Waals surface area contributed by atoms with Crippen molar-refractivity contribution in [1.82, 2.24) is 0 Å². The van der Waals surface area contributed by atoms with E-state index >= 15 is 0 Å². The molecule has 0 nitrogen and oxygen atoms in total. The molecular formula is C26H32Si. The van der Waals surface area contributed by atoms with Gasteiger partial charge in [0.25, 0.3) is 0 Å². The lowest BCUT2D eigenvalue weighted by atomic mass is 9.46. The Morgan fingerprint density at radius 2 is 1.63 bits per heavy atom. The van der Waals surface area contributed by atoms with Crippen molar-refractivity contribution in [3.8, 4) is 11.8 Å². The quantitative estimate of drug-likeness (QED) is 0.453. The van der Waals surface area contributed by atoms with Gasteiger partial charge in [-0.1, -0.05) is 86.8 Å². The van der Waals surface area contributed by atoms with E-state index in [1.165, 1.54) is 25.3 Å². The first-order chi connectivity index (χ1) is 12.9. The van der Waals surface area contributed by atoms with Gasteiger partial charge in [0.05, 0.1) is 8.07 Å². The molecule has 0 saturated heterocycles. The van der Waals surface area contributed by atoms with Gasteiger partial charge in [-0.15, -0.1) is 0 Å². The average molecular weight is 373 g/mol. The van der Waals surface area contributed by atoms with Gasteiger partial charge in [-0.25, -0.2) is 0 Å². The molecule has 0 radical (unpaired) electrons. The number of benzene rings is 2. The lowest BCUT2D eigenvalue weighted by Gasteiger charge is -2.61. The predicted molar refractivity (Wildman–Crippen MR) is 119 cm³/mol. The third kappa shape index (κ3) is 3.65. The summed E-state index contributed by atoms with van der Waals surface area (Å²) in [6.07, 6.45) is 4.41. The van der Waals surface area contributed by atoms with Crippen molar-refractivity contribution in [2.24, 2.45) is 23.2 Å². The van der Waals surface area contributed by atoms with Gasteiger partial charge < -0.3 is 0 Å². The van der Waals surface area contributed by atoms with Crippen LogP contribution in [0.4, 0.5) is 0 Å². The zero-order valence-electron chi connectivity index (χ0n) is 17.3. The summed E-state index contributed by atoms with van der Waals surface area (Å²) in [5.74, 6) is 9.59. The summed E-state index contributed by atoms with van der Waals surface area (Å²) in [4.78, 5) is 0. The minimum absolute atomic E-state index is 0.594. The largest absolute Gasteiger partial charge is 0.0809 e. The average Bonchev–Trinajstić information content (AvgIpc) is 2.67. The highest BCUT2D eigenvalue weighted by Gasteiger charge is 2.54. The van der Waals surface area contributed by atoms with Crippen LogP contribution in [0.3, 0.4) is 0 Å². The Kier molecular flexibility index (Phi) is 4.81. The number of hydrogen-bond acceptors (Lipinski definition) is 0. The van der Waals surface area contributed by atoms with E-state index in [-0.39, 0.29) is 0 Å². The fourth-order valence-corrected chi connectivity index (χ4v) is 8.79. The molecular weight excluding hydrogens is 340 g/mol. The van der Waals surface area contributed by atoms with E-state index in [0.717, 1.165) is 28.9 Å². The molecule has 3 fully saturated rings. The third-order valence-corrected chi connectivity index (χ3v) is 11.0. The fraction of sp³-hybridized carbons (Fsp3) is 0.462. The van der Waals surface area contributed by atoms with Crippen LogP contribution in [0.25, 0.3) is 0 Å². The van der Waals surface area contributed by atoms with E-state index < -0.39 is 8.07 Å². The Hall–Kier alpha value is -1.78. The molecule has 5 rings (SSSR count).